The summed E-state index contributed by atoms with van der Waals surface area (Å²) in [5.74, 6) is -0.0316. The van der Waals surface area contributed by atoms with Crippen LogP contribution in [0.1, 0.15) is 25.7 Å². The molecule has 0 bridgehead atoms. The van der Waals surface area contributed by atoms with Gasteiger partial charge in [0.1, 0.15) is 0 Å². The molecular formula is C12H24N2O3. The quantitative estimate of drug-likeness (QED) is 0.712. The second-order valence-electron chi connectivity index (χ2n) is 4.88. The van der Waals surface area contributed by atoms with E-state index in [-0.39, 0.29) is 24.5 Å². The van der Waals surface area contributed by atoms with Crippen molar-refractivity contribution in [2.45, 2.75) is 37.8 Å². The lowest BCUT2D eigenvalue weighted by molar-refractivity contribution is -0.137. The summed E-state index contributed by atoms with van der Waals surface area (Å²) in [5.41, 5.74) is 5.97. The van der Waals surface area contributed by atoms with E-state index in [1.54, 1.807) is 11.9 Å². The largest absolute Gasteiger partial charge is 0.389 e. The number of aliphatic hydroxyl groups is 1. The van der Waals surface area contributed by atoms with Crippen LogP contribution in [-0.2, 0) is 9.53 Å². The molecule has 1 fully saturated rings. The molecule has 0 spiro atoms. The minimum atomic E-state index is -0.631. The van der Waals surface area contributed by atoms with Gasteiger partial charge in [-0.1, -0.05) is 12.8 Å². The maximum atomic E-state index is 12.1. The number of carbonyl (C=O) groups excluding carboxylic acids is 1. The summed E-state index contributed by atoms with van der Waals surface area (Å²) in [6, 6.07) is -0.0294. The highest BCUT2D eigenvalue weighted by molar-refractivity contribution is 5.79. The average molecular weight is 244 g/mol. The lowest BCUT2D eigenvalue weighted by atomic mass is 9.84. The van der Waals surface area contributed by atoms with E-state index in [9.17, 15) is 9.90 Å². The zero-order chi connectivity index (χ0) is 12.8. The normalized spacial score (nSPS) is 26.6. The monoisotopic (exact) mass is 244 g/mol. The molecule has 0 aromatic heterocycles. The Morgan fingerprint density at radius 1 is 1.53 bits per heavy atom. The second-order valence-corrected chi connectivity index (χ2v) is 4.88. The van der Waals surface area contributed by atoms with Gasteiger partial charge in [0.15, 0.2) is 0 Å². The highest BCUT2D eigenvalue weighted by Gasteiger charge is 2.30. The van der Waals surface area contributed by atoms with Crippen molar-refractivity contribution in [1.82, 2.24) is 4.90 Å². The number of hydrogen-bond acceptors (Lipinski definition) is 4. The number of carbonyl (C=O) groups is 1. The van der Waals surface area contributed by atoms with Gasteiger partial charge in [-0.25, -0.2) is 0 Å². The summed E-state index contributed by atoms with van der Waals surface area (Å²) in [6.45, 7) is 0.546. The van der Waals surface area contributed by atoms with Crippen molar-refractivity contribution in [3.63, 3.8) is 0 Å². The van der Waals surface area contributed by atoms with E-state index in [4.69, 9.17) is 10.5 Å². The fourth-order valence-corrected chi connectivity index (χ4v) is 2.40. The third-order valence-electron chi connectivity index (χ3n) is 3.36. The van der Waals surface area contributed by atoms with Crippen LogP contribution in [0, 0.1) is 5.92 Å². The number of nitrogens with zero attached hydrogens (tertiary/aromatic N) is 1. The van der Waals surface area contributed by atoms with Crippen LogP contribution >= 0.6 is 0 Å². The molecule has 1 aliphatic rings. The lowest BCUT2D eigenvalue weighted by Gasteiger charge is -2.31. The molecule has 3 unspecified atom stereocenters. The Labute approximate surface area is 103 Å². The summed E-state index contributed by atoms with van der Waals surface area (Å²) >= 11 is 0. The molecule has 0 heterocycles. The molecule has 0 saturated heterocycles. The van der Waals surface area contributed by atoms with Crippen molar-refractivity contribution in [2.75, 3.05) is 27.3 Å². The third-order valence-corrected chi connectivity index (χ3v) is 3.36. The molecular weight excluding hydrogens is 220 g/mol. The SMILES string of the molecule is COCC(O)CN(C)C(=O)C1CCCCC1N. The minimum Gasteiger partial charge on any atom is -0.389 e. The first-order valence-electron chi connectivity index (χ1n) is 6.23. The Hall–Kier alpha value is -0.650. The fraction of sp³-hybridized carbons (Fsp3) is 0.917. The average Bonchev–Trinajstić information content (AvgIpc) is 2.29. The van der Waals surface area contributed by atoms with E-state index in [1.807, 2.05) is 0 Å². The fourth-order valence-electron chi connectivity index (χ4n) is 2.40. The van der Waals surface area contributed by atoms with Crippen molar-refractivity contribution < 1.29 is 14.6 Å². The number of aliphatic hydroxyl groups excluding tert-OH is 1. The number of amides is 1. The Kier molecular flexibility index (Phi) is 5.88. The molecule has 3 atom stereocenters. The third kappa shape index (κ3) is 4.26. The smallest absolute Gasteiger partial charge is 0.227 e. The van der Waals surface area contributed by atoms with E-state index in [1.165, 1.54) is 7.11 Å². The number of nitrogens with two attached hydrogens (primary N) is 1. The van der Waals surface area contributed by atoms with Crippen LogP contribution in [0.3, 0.4) is 0 Å². The standard InChI is InChI=1S/C12H24N2O3/c1-14(7-9(15)8-17-2)12(16)10-5-3-4-6-11(10)13/h9-11,15H,3-8,13H2,1-2H3. The van der Waals surface area contributed by atoms with Crippen LogP contribution in [-0.4, -0.2) is 55.4 Å². The Morgan fingerprint density at radius 2 is 2.18 bits per heavy atom. The zero-order valence-corrected chi connectivity index (χ0v) is 10.8. The molecule has 0 radical (unpaired) electrons. The van der Waals surface area contributed by atoms with Crippen molar-refractivity contribution in [1.29, 1.82) is 0 Å². The molecule has 17 heavy (non-hydrogen) atoms. The van der Waals surface area contributed by atoms with Gasteiger partial charge < -0.3 is 20.5 Å². The number of hydrogen-bond donors (Lipinski definition) is 2. The first-order chi connectivity index (χ1) is 8.06. The van der Waals surface area contributed by atoms with Crippen molar-refractivity contribution in [3.8, 4) is 0 Å². The number of likely N-dealkylation sites (N-methyl/N-ethyl adjacent to an activating group) is 1. The van der Waals surface area contributed by atoms with Crippen molar-refractivity contribution in [2.24, 2.45) is 11.7 Å². The summed E-state index contributed by atoms with van der Waals surface area (Å²) in [7, 11) is 3.24. The van der Waals surface area contributed by atoms with Crippen LogP contribution in [0.5, 0.6) is 0 Å². The summed E-state index contributed by atoms with van der Waals surface area (Å²) in [5, 5.41) is 9.58. The van der Waals surface area contributed by atoms with Crippen LogP contribution < -0.4 is 5.73 Å². The Balaban J connectivity index is 2.44. The van der Waals surface area contributed by atoms with Gasteiger partial charge in [-0.05, 0) is 12.8 Å². The molecule has 0 aromatic carbocycles. The first-order valence-corrected chi connectivity index (χ1v) is 6.23. The lowest BCUT2D eigenvalue weighted by Crippen LogP contribution is -2.46. The topological polar surface area (TPSA) is 75.8 Å². The van der Waals surface area contributed by atoms with Crippen LogP contribution in [0.2, 0.25) is 0 Å². The number of methoxy groups -OCH3 is 1. The number of ether oxygens (including phenoxy) is 1. The maximum Gasteiger partial charge on any atom is 0.227 e. The van der Waals surface area contributed by atoms with E-state index < -0.39 is 6.10 Å². The van der Waals surface area contributed by atoms with Gasteiger partial charge in [-0.2, -0.15) is 0 Å². The van der Waals surface area contributed by atoms with Gasteiger partial charge in [0.2, 0.25) is 5.91 Å². The van der Waals surface area contributed by atoms with E-state index in [0.717, 1.165) is 25.7 Å². The van der Waals surface area contributed by atoms with E-state index >= 15 is 0 Å². The molecule has 0 aliphatic heterocycles. The number of rotatable bonds is 5. The predicted octanol–water partition coefficient (Wildman–Crippen LogP) is -0.0304. The molecule has 3 N–H and O–H groups in total. The molecule has 1 rings (SSSR count). The molecule has 1 amide bonds. The van der Waals surface area contributed by atoms with Gasteiger partial charge in [0.05, 0.1) is 18.6 Å². The first kappa shape index (κ1) is 14.4. The molecule has 0 aromatic rings. The minimum absolute atomic E-state index is 0.0294. The summed E-state index contributed by atoms with van der Waals surface area (Å²) in [6.07, 6.45) is 3.34. The van der Waals surface area contributed by atoms with Gasteiger partial charge in [0.25, 0.3) is 0 Å². The van der Waals surface area contributed by atoms with E-state index in [2.05, 4.69) is 0 Å². The molecule has 1 saturated carbocycles. The van der Waals surface area contributed by atoms with Crippen LogP contribution in [0.4, 0.5) is 0 Å². The van der Waals surface area contributed by atoms with Crippen LogP contribution in [0.15, 0.2) is 0 Å². The molecule has 5 nitrogen and oxygen atoms in total. The maximum absolute atomic E-state index is 12.1. The molecule has 100 valence electrons. The van der Waals surface area contributed by atoms with Crippen LogP contribution in [0.25, 0.3) is 0 Å². The van der Waals surface area contributed by atoms with Crippen molar-refractivity contribution in [3.05, 3.63) is 0 Å². The predicted molar refractivity (Wildman–Crippen MR) is 65.5 cm³/mol. The van der Waals surface area contributed by atoms with Crippen molar-refractivity contribution >= 4 is 5.91 Å². The van der Waals surface area contributed by atoms with E-state index in [0.29, 0.717) is 6.54 Å². The van der Waals surface area contributed by atoms with Gasteiger partial charge in [-0.15, -0.1) is 0 Å². The molecule has 1 aliphatic carbocycles. The summed E-state index contributed by atoms with van der Waals surface area (Å²) < 4.78 is 4.84. The highest BCUT2D eigenvalue weighted by atomic mass is 16.5. The van der Waals surface area contributed by atoms with Gasteiger partial charge >= 0.3 is 0 Å². The Bertz CT molecular complexity index is 248. The zero-order valence-electron chi connectivity index (χ0n) is 10.8. The van der Waals surface area contributed by atoms with Gasteiger partial charge in [-0.3, -0.25) is 4.79 Å². The van der Waals surface area contributed by atoms with Gasteiger partial charge in [0, 0.05) is 26.7 Å². The molecule has 5 heteroatoms. The highest BCUT2D eigenvalue weighted by Crippen LogP contribution is 2.24. The Morgan fingerprint density at radius 3 is 2.76 bits per heavy atom. The second kappa shape index (κ2) is 6.93. The summed E-state index contributed by atoms with van der Waals surface area (Å²) in [4.78, 5) is 13.7.